The van der Waals surface area contributed by atoms with Crippen LogP contribution in [0.1, 0.15) is 11.1 Å². The minimum Gasteiger partial charge on any atom is -0.504 e. The average molecular weight is 362 g/mol. The van der Waals surface area contributed by atoms with Gasteiger partial charge in [-0.3, -0.25) is 9.59 Å². The fourth-order valence-corrected chi connectivity index (χ4v) is 2.06. The Morgan fingerprint density at radius 3 is 2.68 bits per heavy atom. The van der Waals surface area contributed by atoms with Crippen LogP contribution in [0.3, 0.4) is 0 Å². The van der Waals surface area contributed by atoms with E-state index in [1.165, 1.54) is 13.3 Å². The fourth-order valence-electron chi connectivity index (χ4n) is 1.88. The topological polar surface area (TPSA) is 100 Å². The van der Waals surface area contributed by atoms with E-state index in [1.54, 1.807) is 36.4 Å². The van der Waals surface area contributed by atoms with Crippen molar-refractivity contribution in [3.8, 4) is 11.5 Å². The summed E-state index contributed by atoms with van der Waals surface area (Å²) in [5.74, 6) is -1.71. The van der Waals surface area contributed by atoms with Crippen molar-refractivity contribution in [2.45, 2.75) is 6.92 Å². The molecule has 0 bridgehead atoms. The molecule has 0 fully saturated rings. The fraction of sp³-hybridized carbons (Fsp3) is 0.118. The Kier molecular flexibility index (Phi) is 5.97. The van der Waals surface area contributed by atoms with Gasteiger partial charge in [0.1, 0.15) is 0 Å². The van der Waals surface area contributed by atoms with Crippen LogP contribution in [0.15, 0.2) is 41.5 Å². The Bertz CT molecular complexity index is 837. The van der Waals surface area contributed by atoms with Gasteiger partial charge in [-0.2, -0.15) is 5.10 Å². The molecule has 2 amide bonds. The second-order valence-corrected chi connectivity index (χ2v) is 5.42. The number of aromatic hydroxyl groups is 1. The summed E-state index contributed by atoms with van der Waals surface area (Å²) in [5.41, 5.74) is 3.65. The normalized spacial score (nSPS) is 10.5. The van der Waals surface area contributed by atoms with E-state index in [9.17, 15) is 14.7 Å². The van der Waals surface area contributed by atoms with Gasteiger partial charge in [-0.15, -0.1) is 0 Å². The third-order valence-corrected chi connectivity index (χ3v) is 3.66. The number of phenols is 1. The van der Waals surface area contributed by atoms with Crippen molar-refractivity contribution in [3.63, 3.8) is 0 Å². The summed E-state index contributed by atoms with van der Waals surface area (Å²) in [6, 6.07) is 9.69. The van der Waals surface area contributed by atoms with E-state index in [1.807, 2.05) is 6.92 Å². The molecule has 0 unspecified atom stereocenters. The second kappa shape index (κ2) is 8.16. The van der Waals surface area contributed by atoms with Crippen LogP contribution in [0.25, 0.3) is 0 Å². The van der Waals surface area contributed by atoms with E-state index >= 15 is 0 Å². The standard InChI is InChI=1S/C17H16ClN3O4/c1-10-6-7-12(8-13(10)18)20-16(23)17(24)21-19-9-11-4-3-5-14(25-2)15(11)22/h3-9,22H,1-2H3,(H,20,23)(H,21,24)/b19-9+. The number of ether oxygens (including phenoxy) is 1. The zero-order valence-corrected chi connectivity index (χ0v) is 14.3. The zero-order valence-electron chi connectivity index (χ0n) is 13.5. The highest BCUT2D eigenvalue weighted by Crippen LogP contribution is 2.27. The highest BCUT2D eigenvalue weighted by atomic mass is 35.5. The van der Waals surface area contributed by atoms with Gasteiger partial charge in [-0.1, -0.05) is 23.7 Å². The van der Waals surface area contributed by atoms with Crippen LogP contribution >= 0.6 is 11.6 Å². The third kappa shape index (κ3) is 4.71. The van der Waals surface area contributed by atoms with E-state index < -0.39 is 11.8 Å². The predicted molar refractivity (Wildman–Crippen MR) is 95.2 cm³/mol. The molecule has 0 aliphatic rings. The number of nitrogens with one attached hydrogen (secondary N) is 2. The number of benzene rings is 2. The van der Waals surface area contributed by atoms with Crippen LogP contribution in [-0.2, 0) is 9.59 Å². The van der Waals surface area contributed by atoms with E-state index in [0.29, 0.717) is 16.3 Å². The molecule has 0 saturated carbocycles. The number of methoxy groups -OCH3 is 1. The third-order valence-electron chi connectivity index (χ3n) is 3.26. The van der Waals surface area contributed by atoms with Gasteiger partial charge in [-0.05, 0) is 36.8 Å². The van der Waals surface area contributed by atoms with E-state index in [0.717, 1.165) is 5.56 Å². The molecule has 25 heavy (non-hydrogen) atoms. The van der Waals surface area contributed by atoms with Crippen molar-refractivity contribution < 1.29 is 19.4 Å². The van der Waals surface area contributed by atoms with Crippen LogP contribution in [-0.4, -0.2) is 30.2 Å². The van der Waals surface area contributed by atoms with Crippen molar-refractivity contribution in [2.75, 3.05) is 12.4 Å². The Hall–Kier alpha value is -3.06. The molecule has 8 heteroatoms. The maximum Gasteiger partial charge on any atom is 0.329 e. The van der Waals surface area contributed by atoms with E-state index in [-0.39, 0.29) is 11.5 Å². The van der Waals surface area contributed by atoms with Gasteiger partial charge in [0.25, 0.3) is 0 Å². The summed E-state index contributed by atoms with van der Waals surface area (Å²) < 4.78 is 4.96. The summed E-state index contributed by atoms with van der Waals surface area (Å²) in [5, 5.41) is 16.4. The van der Waals surface area contributed by atoms with Gasteiger partial charge in [0.15, 0.2) is 11.5 Å². The molecule has 0 aliphatic carbocycles. The summed E-state index contributed by atoms with van der Waals surface area (Å²) >= 11 is 5.96. The number of halogens is 1. The molecule has 2 aromatic carbocycles. The van der Waals surface area contributed by atoms with Gasteiger partial charge in [-0.25, -0.2) is 5.43 Å². The van der Waals surface area contributed by atoms with Crippen molar-refractivity contribution in [2.24, 2.45) is 5.10 Å². The lowest BCUT2D eigenvalue weighted by Crippen LogP contribution is -2.32. The number of carbonyl (C=O) groups is 2. The first-order valence-corrected chi connectivity index (χ1v) is 7.56. The number of carbonyl (C=O) groups excluding carboxylic acids is 2. The molecular formula is C17H16ClN3O4. The Morgan fingerprint density at radius 2 is 2.00 bits per heavy atom. The number of para-hydroxylation sites is 1. The molecular weight excluding hydrogens is 346 g/mol. The summed E-state index contributed by atoms with van der Waals surface area (Å²) in [4.78, 5) is 23.5. The van der Waals surface area contributed by atoms with Crippen LogP contribution in [0.2, 0.25) is 5.02 Å². The molecule has 0 heterocycles. The van der Waals surface area contributed by atoms with Gasteiger partial charge >= 0.3 is 11.8 Å². The first-order valence-electron chi connectivity index (χ1n) is 7.19. The molecule has 0 aromatic heterocycles. The van der Waals surface area contributed by atoms with Crippen molar-refractivity contribution in [1.82, 2.24) is 5.43 Å². The molecule has 0 atom stereocenters. The van der Waals surface area contributed by atoms with E-state index in [2.05, 4.69) is 15.8 Å². The number of aryl methyl sites for hydroxylation is 1. The second-order valence-electron chi connectivity index (χ2n) is 5.02. The minimum absolute atomic E-state index is 0.123. The van der Waals surface area contributed by atoms with Gasteiger partial charge in [0.2, 0.25) is 0 Å². The molecule has 3 N–H and O–H groups in total. The Balaban J connectivity index is 1.97. The number of anilines is 1. The average Bonchev–Trinajstić information content (AvgIpc) is 2.59. The molecule has 0 aliphatic heterocycles. The lowest BCUT2D eigenvalue weighted by atomic mass is 10.2. The smallest absolute Gasteiger partial charge is 0.329 e. The number of nitrogens with zero attached hydrogens (tertiary/aromatic N) is 1. The molecule has 0 radical (unpaired) electrons. The maximum atomic E-state index is 11.8. The number of hydrazone groups is 1. The highest BCUT2D eigenvalue weighted by molar-refractivity contribution is 6.39. The number of hydrogen-bond acceptors (Lipinski definition) is 5. The molecule has 2 rings (SSSR count). The van der Waals surface area contributed by atoms with Crippen LogP contribution < -0.4 is 15.5 Å². The van der Waals surface area contributed by atoms with Gasteiger partial charge in [0.05, 0.1) is 13.3 Å². The number of phenolic OH excluding ortho intramolecular Hbond substituents is 1. The van der Waals surface area contributed by atoms with Crippen molar-refractivity contribution in [3.05, 3.63) is 52.5 Å². The van der Waals surface area contributed by atoms with E-state index in [4.69, 9.17) is 16.3 Å². The number of hydrogen-bond donors (Lipinski definition) is 3. The maximum absolute atomic E-state index is 11.8. The van der Waals surface area contributed by atoms with Crippen LogP contribution in [0, 0.1) is 6.92 Å². The summed E-state index contributed by atoms with van der Waals surface area (Å²) in [6.07, 6.45) is 1.20. The van der Waals surface area contributed by atoms with Gasteiger partial charge < -0.3 is 15.2 Å². The minimum atomic E-state index is -0.963. The first-order chi connectivity index (χ1) is 11.9. The molecule has 0 saturated heterocycles. The largest absolute Gasteiger partial charge is 0.504 e. The molecule has 0 spiro atoms. The summed E-state index contributed by atoms with van der Waals surface area (Å²) in [6.45, 7) is 1.82. The number of amides is 2. The first kappa shape index (κ1) is 18.3. The monoisotopic (exact) mass is 361 g/mol. The van der Waals surface area contributed by atoms with Crippen LogP contribution in [0.4, 0.5) is 5.69 Å². The molecule has 2 aromatic rings. The Labute approximate surface area is 149 Å². The SMILES string of the molecule is COc1cccc(/C=N/NC(=O)C(=O)Nc2ccc(C)c(Cl)c2)c1O. The van der Waals surface area contributed by atoms with Crippen molar-refractivity contribution in [1.29, 1.82) is 0 Å². The van der Waals surface area contributed by atoms with Gasteiger partial charge in [0, 0.05) is 16.3 Å². The summed E-state index contributed by atoms with van der Waals surface area (Å²) in [7, 11) is 1.42. The molecule has 7 nitrogen and oxygen atoms in total. The zero-order chi connectivity index (χ0) is 18.4. The molecule has 130 valence electrons. The lowest BCUT2D eigenvalue weighted by Gasteiger charge is -2.06. The lowest BCUT2D eigenvalue weighted by molar-refractivity contribution is -0.136. The Morgan fingerprint density at radius 1 is 1.24 bits per heavy atom. The number of rotatable bonds is 4. The quantitative estimate of drug-likeness (QED) is 0.442. The van der Waals surface area contributed by atoms with Crippen molar-refractivity contribution >= 4 is 35.3 Å². The highest BCUT2D eigenvalue weighted by Gasteiger charge is 2.13. The van der Waals surface area contributed by atoms with Crippen LogP contribution in [0.5, 0.6) is 11.5 Å². The predicted octanol–water partition coefficient (Wildman–Crippen LogP) is 2.45.